The molecule has 2 fully saturated rings. The molecule has 1 N–H and O–H groups in total. The van der Waals surface area contributed by atoms with E-state index in [1.54, 1.807) is 7.11 Å². The van der Waals surface area contributed by atoms with Crippen molar-refractivity contribution in [2.45, 2.75) is 56.9 Å². The summed E-state index contributed by atoms with van der Waals surface area (Å²) in [5.74, 6) is 0.947. The van der Waals surface area contributed by atoms with Gasteiger partial charge in [0, 0.05) is 26.2 Å². The van der Waals surface area contributed by atoms with Crippen molar-refractivity contribution in [3.63, 3.8) is 0 Å². The molecular weight excluding hydrogens is 318 g/mol. The Morgan fingerprint density at radius 1 is 1.28 bits per heavy atom. The molecule has 5 nitrogen and oxygen atoms in total. The van der Waals surface area contributed by atoms with Crippen molar-refractivity contribution in [2.75, 3.05) is 34.0 Å². The number of hydrogen-bond donors (Lipinski definition) is 1. The molecule has 0 bridgehead atoms. The van der Waals surface area contributed by atoms with Gasteiger partial charge in [-0.2, -0.15) is 0 Å². The molecule has 2 aliphatic rings. The van der Waals surface area contributed by atoms with Gasteiger partial charge in [0.15, 0.2) is 0 Å². The van der Waals surface area contributed by atoms with Crippen molar-refractivity contribution in [3.8, 4) is 5.75 Å². The summed E-state index contributed by atoms with van der Waals surface area (Å²) in [5.41, 5.74) is 2.38. The molecule has 0 aromatic heterocycles. The zero-order valence-corrected chi connectivity index (χ0v) is 15.7. The molecule has 25 heavy (non-hydrogen) atoms. The van der Waals surface area contributed by atoms with Crippen LogP contribution in [0.2, 0.25) is 0 Å². The predicted molar refractivity (Wildman–Crippen MR) is 97.0 cm³/mol. The van der Waals surface area contributed by atoms with Gasteiger partial charge < -0.3 is 19.3 Å². The number of nitrogens with zero attached hydrogens (tertiary/aromatic N) is 1. The van der Waals surface area contributed by atoms with Gasteiger partial charge in [-0.05, 0) is 49.8 Å². The topological polar surface area (TPSA) is 51.2 Å². The van der Waals surface area contributed by atoms with E-state index in [-0.39, 0.29) is 18.3 Å². The summed E-state index contributed by atoms with van der Waals surface area (Å²) in [7, 11) is 3.57. The molecule has 1 aromatic rings. The first kappa shape index (κ1) is 18.6. The summed E-state index contributed by atoms with van der Waals surface area (Å²) in [5, 5.41) is 9.03. The number of aliphatic hydroxyl groups excluding tert-OH is 1. The average Bonchev–Trinajstić information content (AvgIpc) is 3.00. The summed E-state index contributed by atoms with van der Waals surface area (Å²) in [4.78, 5) is 2.53. The first-order valence-corrected chi connectivity index (χ1v) is 9.27. The number of methoxy groups -OCH3 is 2. The highest BCUT2D eigenvalue weighted by Gasteiger charge is 2.51. The number of aliphatic hydroxyl groups is 1. The average molecular weight is 349 g/mol. The number of aryl methyl sites for hydroxylation is 1. The van der Waals surface area contributed by atoms with E-state index in [9.17, 15) is 0 Å². The number of benzene rings is 1. The van der Waals surface area contributed by atoms with E-state index in [2.05, 4.69) is 30.0 Å². The van der Waals surface area contributed by atoms with Crippen molar-refractivity contribution in [1.82, 2.24) is 4.90 Å². The Morgan fingerprint density at radius 2 is 2.12 bits per heavy atom. The summed E-state index contributed by atoms with van der Waals surface area (Å²) in [6.45, 7) is 4.52. The smallest absolute Gasteiger partial charge is 0.122 e. The number of likely N-dealkylation sites (tertiary alicyclic amines) is 1. The van der Waals surface area contributed by atoms with Gasteiger partial charge in [0.1, 0.15) is 5.75 Å². The van der Waals surface area contributed by atoms with Crippen LogP contribution in [0.3, 0.4) is 0 Å². The maximum absolute atomic E-state index is 9.03. The first-order chi connectivity index (χ1) is 12.1. The molecule has 0 unspecified atom stereocenters. The van der Waals surface area contributed by atoms with Crippen LogP contribution in [0.15, 0.2) is 18.2 Å². The van der Waals surface area contributed by atoms with E-state index in [1.807, 2.05) is 7.11 Å². The van der Waals surface area contributed by atoms with E-state index < -0.39 is 0 Å². The van der Waals surface area contributed by atoms with Crippen LogP contribution >= 0.6 is 0 Å². The molecule has 1 aromatic carbocycles. The maximum Gasteiger partial charge on any atom is 0.122 e. The number of ether oxygens (including phenoxy) is 3. The fraction of sp³-hybridized carbons (Fsp3) is 0.700. The van der Waals surface area contributed by atoms with Gasteiger partial charge in [-0.25, -0.2) is 0 Å². The molecule has 0 amide bonds. The highest BCUT2D eigenvalue weighted by molar-refractivity contribution is 5.36. The molecular formula is C20H31NO4. The lowest BCUT2D eigenvalue weighted by molar-refractivity contribution is -0.104. The van der Waals surface area contributed by atoms with Crippen molar-refractivity contribution < 1.29 is 19.3 Å². The highest BCUT2D eigenvalue weighted by Crippen LogP contribution is 2.43. The van der Waals surface area contributed by atoms with Crippen LogP contribution in [-0.2, 0) is 16.0 Å². The second-order valence-corrected chi connectivity index (χ2v) is 7.30. The molecule has 3 rings (SSSR count). The van der Waals surface area contributed by atoms with Crippen LogP contribution in [-0.4, -0.2) is 61.7 Å². The zero-order valence-electron chi connectivity index (χ0n) is 15.7. The maximum atomic E-state index is 9.03. The van der Waals surface area contributed by atoms with Crippen LogP contribution in [0.25, 0.3) is 0 Å². The first-order valence-electron chi connectivity index (χ1n) is 9.27. The normalized spacial score (nSPS) is 29.6. The van der Waals surface area contributed by atoms with E-state index in [0.29, 0.717) is 12.6 Å². The molecule has 0 spiro atoms. The van der Waals surface area contributed by atoms with Crippen LogP contribution in [0, 0.1) is 6.92 Å². The summed E-state index contributed by atoms with van der Waals surface area (Å²) >= 11 is 0. The Morgan fingerprint density at radius 3 is 2.84 bits per heavy atom. The highest BCUT2D eigenvalue weighted by atomic mass is 16.5. The lowest BCUT2D eigenvalue weighted by Crippen LogP contribution is -2.51. The Bertz CT molecular complexity index is 579. The number of rotatable bonds is 7. The van der Waals surface area contributed by atoms with Crippen LogP contribution in [0.4, 0.5) is 0 Å². The van der Waals surface area contributed by atoms with Gasteiger partial charge in [0.05, 0.1) is 32.0 Å². The van der Waals surface area contributed by atoms with E-state index in [1.165, 1.54) is 5.56 Å². The fourth-order valence-corrected chi connectivity index (χ4v) is 4.51. The Labute approximate surface area is 150 Å². The number of hydrogen-bond acceptors (Lipinski definition) is 5. The van der Waals surface area contributed by atoms with E-state index >= 15 is 0 Å². The van der Waals surface area contributed by atoms with Gasteiger partial charge in [-0.3, -0.25) is 4.90 Å². The molecule has 0 radical (unpaired) electrons. The second kappa shape index (κ2) is 8.04. The van der Waals surface area contributed by atoms with Crippen molar-refractivity contribution in [1.29, 1.82) is 0 Å². The van der Waals surface area contributed by atoms with Gasteiger partial charge in [0.25, 0.3) is 0 Å². The minimum atomic E-state index is -0.0478. The van der Waals surface area contributed by atoms with Crippen LogP contribution in [0.1, 0.15) is 36.8 Å². The van der Waals surface area contributed by atoms with Gasteiger partial charge in [0.2, 0.25) is 0 Å². The lowest BCUT2D eigenvalue weighted by Gasteiger charge is -2.43. The quantitative estimate of drug-likeness (QED) is 0.820. The Balaban J connectivity index is 1.73. The zero-order chi connectivity index (χ0) is 17.9. The minimum Gasteiger partial charge on any atom is -0.496 e. The van der Waals surface area contributed by atoms with Crippen molar-refractivity contribution in [2.24, 2.45) is 0 Å². The molecule has 1 saturated carbocycles. The van der Waals surface area contributed by atoms with Gasteiger partial charge >= 0.3 is 0 Å². The Kier molecular flexibility index (Phi) is 6.00. The molecule has 1 heterocycles. The van der Waals surface area contributed by atoms with Crippen molar-refractivity contribution in [3.05, 3.63) is 29.3 Å². The molecule has 1 saturated heterocycles. The third kappa shape index (κ3) is 3.85. The third-order valence-corrected chi connectivity index (χ3v) is 5.96. The Hall–Kier alpha value is -1.14. The molecule has 5 heteroatoms. The van der Waals surface area contributed by atoms with Crippen LogP contribution in [0.5, 0.6) is 5.75 Å². The largest absolute Gasteiger partial charge is 0.496 e. The van der Waals surface area contributed by atoms with Crippen LogP contribution < -0.4 is 4.74 Å². The van der Waals surface area contributed by atoms with Gasteiger partial charge in [-0.1, -0.05) is 12.1 Å². The monoisotopic (exact) mass is 349 g/mol. The van der Waals surface area contributed by atoms with Crippen molar-refractivity contribution >= 4 is 0 Å². The lowest BCUT2D eigenvalue weighted by atomic mass is 9.79. The SMILES string of the molecule is COc1cc(CN2CC[C@]3(OC)CC[C@H](OCCO)C[C@H]23)ccc1C. The minimum absolute atomic E-state index is 0.0478. The molecule has 140 valence electrons. The van der Waals surface area contributed by atoms with E-state index in [4.69, 9.17) is 19.3 Å². The van der Waals surface area contributed by atoms with Gasteiger partial charge in [-0.15, -0.1) is 0 Å². The molecule has 1 aliphatic carbocycles. The van der Waals surface area contributed by atoms with E-state index in [0.717, 1.165) is 50.1 Å². The predicted octanol–water partition coefficient (Wildman–Crippen LogP) is 2.52. The fourth-order valence-electron chi connectivity index (χ4n) is 4.51. The number of fused-ring (bicyclic) bond motifs is 1. The standard InChI is InChI=1S/C20H31NO4/c1-15-4-5-16(12-18(15)23-2)14-21-9-8-20(24-3)7-6-17(13-19(20)21)25-11-10-22/h4-5,12,17,19,22H,6-11,13-14H2,1-3H3/t17-,19-,20+/m0/s1. The summed E-state index contributed by atoms with van der Waals surface area (Å²) in [6, 6.07) is 6.82. The molecule has 1 aliphatic heterocycles. The third-order valence-electron chi connectivity index (χ3n) is 5.96. The summed E-state index contributed by atoms with van der Waals surface area (Å²) < 4.78 is 17.3. The summed E-state index contributed by atoms with van der Waals surface area (Å²) in [6.07, 6.45) is 4.29. The second-order valence-electron chi connectivity index (χ2n) is 7.30. The molecule has 3 atom stereocenters.